The molecule has 4 aliphatic heterocycles. The van der Waals surface area contributed by atoms with Crippen LogP contribution in [-0.2, 0) is 57.1 Å². The average Bonchev–Trinajstić information content (AvgIpc) is 3.53. The van der Waals surface area contributed by atoms with Crippen molar-refractivity contribution >= 4 is 23.9 Å². The highest BCUT2D eigenvalue weighted by atomic mass is 17.0. The van der Waals surface area contributed by atoms with E-state index in [1.54, 1.807) is 33.8 Å². The smallest absolute Gasteiger partial charge is 0.341 e. The number of fused-ring (bicyclic) bond motifs is 4. The molecule has 5 heterocycles. The summed E-state index contributed by atoms with van der Waals surface area (Å²) in [5, 5.41) is 27.0. The van der Waals surface area contributed by atoms with E-state index in [0.29, 0.717) is 11.1 Å². The molecule has 8 aliphatic rings. The van der Waals surface area contributed by atoms with Gasteiger partial charge in [0.1, 0.15) is 30.0 Å². The highest BCUT2D eigenvalue weighted by molar-refractivity contribution is 5.86. The van der Waals surface area contributed by atoms with E-state index >= 15 is 0 Å². The van der Waals surface area contributed by atoms with Gasteiger partial charge in [0.15, 0.2) is 22.4 Å². The number of hydrogen-bond acceptors (Lipinski definition) is 15. The van der Waals surface area contributed by atoms with Crippen LogP contribution in [-0.4, -0.2) is 99.6 Å². The summed E-state index contributed by atoms with van der Waals surface area (Å²) in [6.45, 7) is 11.3. The zero-order chi connectivity index (χ0) is 36.7. The number of ether oxygens (including phenoxy) is 8. The summed E-state index contributed by atoms with van der Waals surface area (Å²) in [4.78, 5) is 54.1. The van der Waals surface area contributed by atoms with Gasteiger partial charge in [-0.05, 0) is 37.8 Å². The molecular weight excluding hydrogens is 672 g/mol. The lowest BCUT2D eigenvalue weighted by Gasteiger charge is -2.76. The fourth-order valence-corrected chi connectivity index (χ4v) is 12.4. The predicted molar refractivity (Wildman–Crippen MR) is 164 cm³/mol. The Morgan fingerprint density at radius 1 is 1.04 bits per heavy atom. The monoisotopic (exact) mass is 714 g/mol. The minimum atomic E-state index is -2.45. The molecule has 1 aromatic rings. The number of carbonyl (C=O) groups is 4. The van der Waals surface area contributed by atoms with E-state index in [9.17, 15) is 29.4 Å². The largest absolute Gasteiger partial charge is 0.472 e. The number of aliphatic hydroxyl groups is 2. The zero-order valence-electron chi connectivity index (χ0n) is 29.6. The summed E-state index contributed by atoms with van der Waals surface area (Å²) < 4.78 is 55.2. The van der Waals surface area contributed by atoms with Crippen LogP contribution in [0.2, 0.25) is 0 Å². The Labute approximate surface area is 292 Å². The summed E-state index contributed by atoms with van der Waals surface area (Å²) in [6, 6.07) is 1.66. The van der Waals surface area contributed by atoms with Crippen LogP contribution < -0.4 is 0 Å². The van der Waals surface area contributed by atoms with Crippen molar-refractivity contribution in [3.8, 4) is 0 Å². The number of furan rings is 1. The van der Waals surface area contributed by atoms with E-state index in [4.69, 9.17) is 42.3 Å². The molecule has 1 aromatic heterocycles. The van der Waals surface area contributed by atoms with Crippen molar-refractivity contribution in [1.29, 1.82) is 0 Å². The minimum absolute atomic E-state index is 0.00674. The Kier molecular flexibility index (Phi) is 6.06. The van der Waals surface area contributed by atoms with Gasteiger partial charge in [0.25, 0.3) is 5.97 Å². The van der Waals surface area contributed by atoms with Gasteiger partial charge in [0.2, 0.25) is 0 Å². The van der Waals surface area contributed by atoms with E-state index < -0.39 is 111 Å². The van der Waals surface area contributed by atoms with Crippen molar-refractivity contribution in [3.05, 3.63) is 35.8 Å². The maximum Gasteiger partial charge on any atom is 0.341 e. The summed E-state index contributed by atoms with van der Waals surface area (Å²) in [7, 11) is 1.24. The second-order valence-electron chi connectivity index (χ2n) is 16.7. The van der Waals surface area contributed by atoms with Crippen LogP contribution in [0.3, 0.4) is 0 Å². The van der Waals surface area contributed by atoms with Gasteiger partial charge in [0, 0.05) is 54.6 Å². The van der Waals surface area contributed by atoms with E-state index in [-0.39, 0.29) is 19.3 Å². The number of methoxy groups -OCH3 is 1. The summed E-state index contributed by atoms with van der Waals surface area (Å²) in [5.74, 6) is -5.71. The Balaban J connectivity index is 1.36. The number of hydrogen-bond donors (Lipinski definition) is 2. The van der Waals surface area contributed by atoms with E-state index in [1.165, 1.54) is 39.6 Å². The molecule has 0 amide bonds. The molecule has 4 aliphatic carbocycles. The van der Waals surface area contributed by atoms with Crippen LogP contribution in [0, 0.1) is 22.2 Å². The quantitative estimate of drug-likeness (QED) is 0.246. The third kappa shape index (κ3) is 3.27. The first kappa shape index (κ1) is 33.5. The first-order valence-electron chi connectivity index (χ1n) is 17.3. The van der Waals surface area contributed by atoms with Gasteiger partial charge >= 0.3 is 23.9 Å². The maximum absolute atomic E-state index is 13.9. The topological polar surface area (TPSA) is 199 Å². The first-order chi connectivity index (χ1) is 23.7. The van der Waals surface area contributed by atoms with E-state index in [0.717, 1.165) is 0 Å². The Morgan fingerprint density at radius 2 is 1.75 bits per heavy atom. The Morgan fingerprint density at radius 3 is 2.35 bits per heavy atom. The SMILES string of the molecule is COC(=O)C[C@H]1[C@@]2(C)C[C@]3(O)[C@](O)([C@H]4OC5(C)O[C@@]6([C@H](OC(C)=O)C[C@]7(C)C(=CC(=O)O[C@H]7c7ccoc7)[C@@]46O5)[C@@]13C)[C@H]2OC(=O)C1(C)OC1C. The van der Waals surface area contributed by atoms with Crippen molar-refractivity contribution in [2.24, 2.45) is 22.2 Å². The van der Waals surface area contributed by atoms with Crippen LogP contribution in [0.4, 0.5) is 0 Å². The van der Waals surface area contributed by atoms with Gasteiger partial charge in [-0.1, -0.05) is 20.8 Å². The lowest BCUT2D eigenvalue weighted by Crippen LogP contribution is -2.94. The molecule has 276 valence electrons. The van der Waals surface area contributed by atoms with E-state index in [1.807, 2.05) is 6.92 Å². The highest BCUT2D eigenvalue weighted by Crippen LogP contribution is 2.88. The zero-order valence-corrected chi connectivity index (χ0v) is 29.6. The molecule has 15 atom stereocenters. The highest BCUT2D eigenvalue weighted by Gasteiger charge is 3.03. The third-order valence-electron chi connectivity index (χ3n) is 14.4. The molecule has 0 aromatic carbocycles. The van der Waals surface area contributed by atoms with Crippen molar-refractivity contribution in [2.45, 2.75) is 132 Å². The van der Waals surface area contributed by atoms with Crippen molar-refractivity contribution in [3.63, 3.8) is 0 Å². The van der Waals surface area contributed by atoms with Crippen LogP contribution in [0.25, 0.3) is 0 Å². The molecule has 15 heteroatoms. The summed E-state index contributed by atoms with van der Waals surface area (Å²) in [5.41, 5.74) is -13.4. The number of rotatable bonds is 6. The maximum atomic E-state index is 13.9. The normalized spacial score (nSPS) is 54.9. The molecule has 15 nitrogen and oxygen atoms in total. The third-order valence-corrected chi connectivity index (χ3v) is 14.4. The van der Waals surface area contributed by atoms with E-state index in [2.05, 4.69) is 0 Å². The molecule has 0 radical (unpaired) electrons. The number of carbonyl (C=O) groups excluding carboxylic acids is 4. The Bertz CT molecular complexity index is 1840. The molecule has 3 saturated heterocycles. The lowest BCUT2D eigenvalue weighted by atomic mass is 9.34. The van der Waals surface area contributed by atoms with Gasteiger partial charge in [-0.3, -0.25) is 9.59 Å². The van der Waals surface area contributed by atoms with Crippen molar-refractivity contribution in [2.75, 3.05) is 7.11 Å². The number of epoxide rings is 1. The Hall–Kier alpha value is -3.34. The second-order valence-corrected chi connectivity index (χ2v) is 16.7. The molecule has 51 heavy (non-hydrogen) atoms. The first-order valence-corrected chi connectivity index (χ1v) is 17.3. The van der Waals surface area contributed by atoms with Gasteiger partial charge in [-0.25, -0.2) is 9.59 Å². The molecule has 9 rings (SSSR count). The second kappa shape index (κ2) is 9.23. The molecule has 4 bridgehead atoms. The number of esters is 4. The molecule has 3 unspecified atom stereocenters. The summed E-state index contributed by atoms with van der Waals surface area (Å²) >= 11 is 0. The minimum Gasteiger partial charge on any atom is -0.472 e. The van der Waals surface area contributed by atoms with Crippen LogP contribution in [0.5, 0.6) is 0 Å². The standard InChI is InChI=1S/C36H42O15/c1-16-30(5,48-16)27(40)47-25-29(4)15-33(41)31(6,19(29)11-22(38)43-8)36-21(45-17(2)37)13-28(3)20(12-23(39)46-24(28)18-9-10-44-14-18)35(36)26(34(25,33)42)49-32(7,50-35)51-36/h9-10,12,14,16,19,21,24-26,41-42H,11,13,15H2,1-8H3/t16?,19-,21+,24-,25-,26+,28+,29+,30?,31-,32?,33+,34+,35+,36-/m0/s1. The molecular formula is C36H42O15. The number of cyclic esters (lactones) is 1. The molecule has 2 N–H and O–H groups in total. The van der Waals surface area contributed by atoms with Crippen LogP contribution in [0.1, 0.15) is 79.4 Å². The van der Waals surface area contributed by atoms with Crippen molar-refractivity contribution in [1.82, 2.24) is 0 Å². The fraction of sp³-hybridized carbons (Fsp3) is 0.722. The van der Waals surface area contributed by atoms with Gasteiger partial charge in [-0.2, -0.15) is 0 Å². The van der Waals surface area contributed by atoms with Gasteiger partial charge < -0.3 is 52.5 Å². The van der Waals surface area contributed by atoms with Gasteiger partial charge in [-0.15, -0.1) is 0 Å². The molecule has 1 spiro atoms. The van der Waals surface area contributed by atoms with Crippen molar-refractivity contribution < 1.29 is 71.7 Å². The average molecular weight is 715 g/mol. The fourth-order valence-electron chi connectivity index (χ4n) is 12.4. The summed E-state index contributed by atoms with van der Waals surface area (Å²) in [6.07, 6.45) is -2.10. The van der Waals surface area contributed by atoms with Crippen LogP contribution in [0.15, 0.2) is 34.7 Å². The molecule has 4 saturated carbocycles. The van der Waals surface area contributed by atoms with Crippen LogP contribution >= 0.6 is 0 Å². The molecule has 7 fully saturated rings. The van der Waals surface area contributed by atoms with Gasteiger partial charge in [0.05, 0.1) is 25.7 Å². The predicted octanol–water partition coefficient (Wildman–Crippen LogP) is 1.92. The lowest BCUT2D eigenvalue weighted by molar-refractivity contribution is -0.455.